The van der Waals surface area contributed by atoms with E-state index in [0.29, 0.717) is 0 Å². The second-order valence-corrected chi connectivity index (χ2v) is 10.9. The average molecular weight is 524 g/mol. The van der Waals surface area contributed by atoms with E-state index in [1.165, 1.54) is 71.7 Å². The van der Waals surface area contributed by atoms with Crippen molar-refractivity contribution >= 4 is 38.3 Å². The quantitative estimate of drug-likeness (QED) is 0.216. The van der Waals surface area contributed by atoms with Crippen molar-refractivity contribution in [1.29, 1.82) is 0 Å². The van der Waals surface area contributed by atoms with Crippen LogP contribution in [0.5, 0.6) is 0 Å². The predicted octanol–water partition coefficient (Wildman–Crippen LogP) is 11.1. The maximum Gasteiger partial charge on any atom is 0.0616 e. The molecule has 0 aliphatic heterocycles. The third-order valence-corrected chi connectivity index (χ3v) is 8.43. The highest BCUT2D eigenvalue weighted by atomic mass is 15.0. The lowest BCUT2D eigenvalue weighted by molar-refractivity contribution is 0.979. The Morgan fingerprint density at radius 3 is 2.02 bits per heavy atom. The van der Waals surface area contributed by atoms with E-state index in [2.05, 4.69) is 156 Å². The summed E-state index contributed by atoms with van der Waals surface area (Å²) < 4.78 is 2.53. The van der Waals surface area contributed by atoms with Gasteiger partial charge in [0, 0.05) is 22.0 Å². The Labute approximate surface area is 240 Å². The van der Waals surface area contributed by atoms with Gasteiger partial charge in [-0.1, -0.05) is 121 Å². The zero-order chi connectivity index (χ0) is 27.2. The molecule has 194 valence electrons. The van der Waals surface area contributed by atoms with Gasteiger partial charge in [0.1, 0.15) is 0 Å². The Balaban J connectivity index is 1.50. The van der Waals surface area contributed by atoms with E-state index in [-0.39, 0.29) is 0 Å². The molecule has 0 radical (unpaired) electrons. The minimum absolute atomic E-state index is 1.02. The maximum absolute atomic E-state index is 2.53. The molecule has 0 unspecified atom stereocenters. The van der Waals surface area contributed by atoms with E-state index < -0.39 is 0 Å². The summed E-state index contributed by atoms with van der Waals surface area (Å²) in [6, 6.07) is 48.8. The fraction of sp³-hybridized carbons (Fsp3) is 0.0500. The van der Waals surface area contributed by atoms with Crippen molar-refractivity contribution in [3.63, 3.8) is 0 Å². The van der Waals surface area contributed by atoms with Crippen LogP contribution in [0, 0.1) is 0 Å². The Morgan fingerprint density at radius 1 is 0.488 bits per heavy atom. The smallest absolute Gasteiger partial charge is 0.0616 e. The minimum Gasteiger partial charge on any atom is -0.312 e. The summed E-state index contributed by atoms with van der Waals surface area (Å²) in [6.45, 7) is 0. The molecular weight excluding hydrogens is 494 g/mol. The number of benzene rings is 6. The van der Waals surface area contributed by atoms with Crippen LogP contribution in [-0.2, 0) is 0 Å². The molecule has 0 fully saturated rings. The highest BCUT2D eigenvalue weighted by molar-refractivity contribution is 6.17. The lowest BCUT2D eigenvalue weighted by Crippen LogP contribution is -2.00. The van der Waals surface area contributed by atoms with Gasteiger partial charge in [-0.25, -0.2) is 0 Å². The summed E-state index contributed by atoms with van der Waals surface area (Å²) in [5.74, 6) is 0. The van der Waals surface area contributed by atoms with E-state index in [1.807, 2.05) is 0 Å². The van der Waals surface area contributed by atoms with Crippen LogP contribution in [0.15, 0.2) is 152 Å². The van der Waals surface area contributed by atoms with E-state index in [4.69, 9.17) is 0 Å². The van der Waals surface area contributed by atoms with Crippen molar-refractivity contribution in [2.75, 3.05) is 0 Å². The first-order chi connectivity index (χ1) is 20.3. The number of allylic oxidation sites excluding steroid dienone is 4. The molecule has 8 rings (SSSR count). The lowest BCUT2D eigenvalue weighted by atomic mass is 9.94. The van der Waals surface area contributed by atoms with Gasteiger partial charge in [-0.05, 0) is 81.8 Å². The molecule has 6 aromatic carbocycles. The normalized spacial score (nSPS) is 13.2. The third kappa shape index (κ3) is 4.01. The van der Waals surface area contributed by atoms with Crippen molar-refractivity contribution in [2.45, 2.75) is 12.8 Å². The molecule has 0 bridgehead atoms. The van der Waals surface area contributed by atoms with Crippen LogP contribution >= 0.6 is 0 Å². The molecule has 0 N–H and O–H groups in total. The van der Waals surface area contributed by atoms with Gasteiger partial charge in [-0.15, -0.1) is 0 Å². The standard InChI is InChI=1S/C40H29N/c1-4-13-28(14-5-1)32-26-36(30-15-6-2-7-16-30)40-38(27-32)37-25-31(35-22-12-18-29-17-10-11-21-34(29)35)23-24-39(37)41(40)33-19-8-3-9-20-33/h1-8,10-19,21-27H,9,20H2. The second-order valence-electron chi connectivity index (χ2n) is 10.9. The summed E-state index contributed by atoms with van der Waals surface area (Å²) >= 11 is 0. The van der Waals surface area contributed by atoms with Gasteiger partial charge in [-0.3, -0.25) is 0 Å². The molecule has 1 aliphatic carbocycles. The molecule has 0 atom stereocenters. The Bertz CT molecular complexity index is 2120. The van der Waals surface area contributed by atoms with Gasteiger partial charge in [0.2, 0.25) is 0 Å². The molecule has 1 aromatic heterocycles. The third-order valence-electron chi connectivity index (χ3n) is 8.43. The zero-order valence-electron chi connectivity index (χ0n) is 22.8. The average Bonchev–Trinajstić information content (AvgIpc) is 3.39. The molecule has 1 heterocycles. The molecule has 0 spiro atoms. The predicted molar refractivity (Wildman–Crippen MR) is 176 cm³/mol. The molecule has 41 heavy (non-hydrogen) atoms. The van der Waals surface area contributed by atoms with Crippen LogP contribution in [0.25, 0.3) is 71.7 Å². The molecule has 1 heteroatoms. The van der Waals surface area contributed by atoms with Crippen molar-refractivity contribution in [2.24, 2.45) is 0 Å². The molecule has 0 saturated carbocycles. The molecule has 0 saturated heterocycles. The Hall–Kier alpha value is -5.14. The summed E-state index contributed by atoms with van der Waals surface area (Å²) in [4.78, 5) is 0. The second kappa shape index (κ2) is 9.80. The van der Waals surface area contributed by atoms with Crippen LogP contribution in [-0.4, -0.2) is 4.57 Å². The highest BCUT2D eigenvalue weighted by Gasteiger charge is 2.20. The Kier molecular flexibility index (Phi) is 5.67. The topological polar surface area (TPSA) is 4.93 Å². The molecule has 1 nitrogen and oxygen atoms in total. The van der Waals surface area contributed by atoms with Crippen molar-refractivity contribution < 1.29 is 0 Å². The monoisotopic (exact) mass is 523 g/mol. The first kappa shape index (κ1) is 23.7. The van der Waals surface area contributed by atoms with E-state index >= 15 is 0 Å². The van der Waals surface area contributed by atoms with Gasteiger partial charge >= 0.3 is 0 Å². The van der Waals surface area contributed by atoms with Gasteiger partial charge in [0.05, 0.1) is 11.0 Å². The number of rotatable bonds is 4. The molecule has 1 aliphatic rings. The summed E-state index contributed by atoms with van der Waals surface area (Å²) in [5.41, 5.74) is 11.4. The van der Waals surface area contributed by atoms with E-state index in [9.17, 15) is 0 Å². The fourth-order valence-corrected chi connectivity index (χ4v) is 6.50. The van der Waals surface area contributed by atoms with Crippen LogP contribution < -0.4 is 0 Å². The Morgan fingerprint density at radius 2 is 1.22 bits per heavy atom. The van der Waals surface area contributed by atoms with Crippen LogP contribution in [0.2, 0.25) is 0 Å². The maximum atomic E-state index is 2.53. The molecular formula is C40H29N. The summed E-state index contributed by atoms with van der Waals surface area (Å²) in [6.07, 6.45) is 8.85. The van der Waals surface area contributed by atoms with E-state index in [0.717, 1.165) is 12.8 Å². The first-order valence-electron chi connectivity index (χ1n) is 14.4. The van der Waals surface area contributed by atoms with Crippen LogP contribution in [0.3, 0.4) is 0 Å². The van der Waals surface area contributed by atoms with Crippen molar-refractivity contribution in [1.82, 2.24) is 4.57 Å². The van der Waals surface area contributed by atoms with Gasteiger partial charge in [-0.2, -0.15) is 0 Å². The SMILES string of the molecule is C1=CCCC(n2c3ccc(-c4cccc5ccccc45)cc3c3cc(-c4ccccc4)cc(-c4ccccc4)c32)=C1. The largest absolute Gasteiger partial charge is 0.312 e. The van der Waals surface area contributed by atoms with E-state index in [1.54, 1.807) is 0 Å². The molecule has 0 amide bonds. The summed E-state index contributed by atoms with van der Waals surface area (Å²) in [7, 11) is 0. The van der Waals surface area contributed by atoms with Gasteiger partial charge in [0.15, 0.2) is 0 Å². The number of hydrogen-bond donors (Lipinski definition) is 0. The van der Waals surface area contributed by atoms with Crippen molar-refractivity contribution in [3.8, 4) is 33.4 Å². The highest BCUT2D eigenvalue weighted by Crippen LogP contribution is 2.43. The van der Waals surface area contributed by atoms with Crippen molar-refractivity contribution in [3.05, 3.63) is 152 Å². The lowest BCUT2D eigenvalue weighted by Gasteiger charge is -2.17. The fourth-order valence-electron chi connectivity index (χ4n) is 6.50. The minimum atomic E-state index is 1.02. The molecule has 7 aromatic rings. The van der Waals surface area contributed by atoms with Gasteiger partial charge < -0.3 is 4.57 Å². The first-order valence-corrected chi connectivity index (χ1v) is 14.4. The van der Waals surface area contributed by atoms with Gasteiger partial charge in [0.25, 0.3) is 0 Å². The zero-order valence-corrected chi connectivity index (χ0v) is 22.8. The number of nitrogens with zero attached hydrogens (tertiary/aromatic N) is 1. The van der Waals surface area contributed by atoms with Crippen LogP contribution in [0.1, 0.15) is 12.8 Å². The number of fused-ring (bicyclic) bond motifs is 4. The summed E-state index contributed by atoms with van der Waals surface area (Å²) in [5, 5.41) is 5.13. The number of aromatic nitrogens is 1. The van der Waals surface area contributed by atoms with Crippen LogP contribution in [0.4, 0.5) is 0 Å². The number of hydrogen-bond acceptors (Lipinski definition) is 0.